The third-order valence-corrected chi connectivity index (χ3v) is 6.72. The van der Waals surface area contributed by atoms with Gasteiger partial charge in [-0.2, -0.15) is 0 Å². The lowest BCUT2D eigenvalue weighted by molar-refractivity contribution is 0.377. The van der Waals surface area contributed by atoms with Crippen molar-refractivity contribution in [2.45, 2.75) is 31.6 Å². The van der Waals surface area contributed by atoms with Crippen molar-refractivity contribution in [2.75, 3.05) is 0 Å². The van der Waals surface area contributed by atoms with E-state index in [0.717, 1.165) is 5.56 Å². The molecule has 0 unspecified atom stereocenters. The van der Waals surface area contributed by atoms with E-state index in [1.165, 1.54) is 36.4 Å². The average molecular weight is 519 g/mol. The van der Waals surface area contributed by atoms with E-state index in [1.54, 1.807) is 36.4 Å². The van der Waals surface area contributed by atoms with Gasteiger partial charge >= 0.3 is 0 Å². The Labute approximate surface area is 219 Å². The highest BCUT2D eigenvalue weighted by Gasteiger charge is 2.26. The Morgan fingerprint density at radius 1 is 0.447 bits per heavy atom. The van der Waals surface area contributed by atoms with Crippen LogP contribution in [0, 0.1) is 5.92 Å². The van der Waals surface area contributed by atoms with Crippen LogP contribution >= 0.6 is 0 Å². The summed E-state index contributed by atoms with van der Waals surface area (Å²) in [6.07, 6.45) is 1.82. The van der Waals surface area contributed by atoms with Crippen LogP contribution in [-0.2, 0) is 19.3 Å². The highest BCUT2D eigenvalue weighted by molar-refractivity contribution is 5.44. The number of phenols is 8. The summed E-state index contributed by atoms with van der Waals surface area (Å²) >= 11 is 0. The highest BCUT2D eigenvalue weighted by atomic mass is 16.3. The standard InChI is InChI=1S/C30H30O8/c31-22-8-18(9-23(32)15-22)7-20(3-1-17-2-5-27(35)29(37)13-17)26(21-4-6-28(36)30(38)14-21)12-19-10-24(33)16-25(34)11-19/h2,4-6,8-11,13-16,20,26,31-38H,1,3,7,12H2/t20-,26-/m0/s1. The second-order valence-electron chi connectivity index (χ2n) is 9.60. The molecule has 8 N–H and O–H groups in total. The molecule has 0 amide bonds. The summed E-state index contributed by atoms with van der Waals surface area (Å²) in [6, 6.07) is 17.9. The molecule has 4 aromatic carbocycles. The SMILES string of the molecule is Oc1cc(O)cc(C[C@H](CCc2ccc(O)c(O)c2)[C@H](Cc2cc(O)cc(O)c2)c2ccc(O)c(O)c2)c1. The van der Waals surface area contributed by atoms with Crippen molar-refractivity contribution >= 4 is 0 Å². The molecule has 0 aliphatic heterocycles. The van der Waals surface area contributed by atoms with Gasteiger partial charge in [0.15, 0.2) is 23.0 Å². The molecule has 38 heavy (non-hydrogen) atoms. The van der Waals surface area contributed by atoms with Crippen molar-refractivity contribution in [2.24, 2.45) is 5.92 Å². The van der Waals surface area contributed by atoms with E-state index in [9.17, 15) is 40.9 Å². The summed E-state index contributed by atoms with van der Waals surface area (Å²) < 4.78 is 0. The van der Waals surface area contributed by atoms with E-state index < -0.39 is 0 Å². The third kappa shape index (κ3) is 6.53. The normalized spacial score (nSPS) is 12.7. The van der Waals surface area contributed by atoms with Crippen LogP contribution in [0.3, 0.4) is 0 Å². The summed E-state index contributed by atoms with van der Waals surface area (Å²) in [4.78, 5) is 0. The van der Waals surface area contributed by atoms with Crippen molar-refractivity contribution in [1.82, 2.24) is 0 Å². The van der Waals surface area contributed by atoms with Crippen molar-refractivity contribution in [1.29, 1.82) is 0 Å². The van der Waals surface area contributed by atoms with Gasteiger partial charge in [-0.3, -0.25) is 0 Å². The first-order chi connectivity index (χ1) is 18.1. The van der Waals surface area contributed by atoms with E-state index in [-0.39, 0.29) is 57.8 Å². The average Bonchev–Trinajstić information content (AvgIpc) is 2.83. The van der Waals surface area contributed by atoms with Gasteiger partial charge in [0.2, 0.25) is 0 Å². The Morgan fingerprint density at radius 2 is 0.947 bits per heavy atom. The number of rotatable bonds is 9. The first kappa shape index (κ1) is 26.3. The number of hydrogen-bond acceptors (Lipinski definition) is 8. The maximum absolute atomic E-state index is 10.3. The van der Waals surface area contributed by atoms with Crippen LogP contribution in [-0.4, -0.2) is 40.9 Å². The number of benzene rings is 4. The third-order valence-electron chi connectivity index (χ3n) is 6.72. The first-order valence-electron chi connectivity index (χ1n) is 12.1. The van der Waals surface area contributed by atoms with E-state index in [4.69, 9.17) is 0 Å². The molecule has 8 heteroatoms. The van der Waals surface area contributed by atoms with Crippen molar-refractivity contribution in [3.8, 4) is 46.0 Å². The molecular formula is C30H30O8. The highest BCUT2D eigenvalue weighted by Crippen LogP contribution is 2.39. The topological polar surface area (TPSA) is 162 Å². The molecule has 0 aliphatic carbocycles. The zero-order valence-electron chi connectivity index (χ0n) is 20.5. The van der Waals surface area contributed by atoms with Gasteiger partial charge in [-0.05, 0) is 108 Å². The zero-order chi connectivity index (χ0) is 27.4. The van der Waals surface area contributed by atoms with E-state index in [0.29, 0.717) is 42.4 Å². The van der Waals surface area contributed by atoms with Crippen LogP contribution in [0.25, 0.3) is 0 Å². The number of phenolic OH excluding ortho intramolecular Hbond substituents is 8. The smallest absolute Gasteiger partial charge is 0.157 e. The summed E-state index contributed by atoms with van der Waals surface area (Å²) in [5.41, 5.74) is 2.80. The van der Waals surface area contributed by atoms with Gasteiger partial charge in [0.25, 0.3) is 0 Å². The summed E-state index contributed by atoms with van der Waals surface area (Å²) in [5, 5.41) is 80.0. The fraction of sp³-hybridized carbons (Fsp3) is 0.200. The second-order valence-corrected chi connectivity index (χ2v) is 9.60. The molecule has 0 saturated carbocycles. The predicted octanol–water partition coefficient (Wildman–Crippen LogP) is 5.15. The molecule has 2 atom stereocenters. The van der Waals surface area contributed by atoms with Crippen LogP contribution in [0.5, 0.6) is 46.0 Å². The molecule has 0 radical (unpaired) electrons. The largest absolute Gasteiger partial charge is 0.508 e. The fourth-order valence-corrected chi connectivity index (χ4v) is 4.96. The maximum atomic E-state index is 10.3. The molecule has 198 valence electrons. The minimum absolute atomic E-state index is 0.0843. The lowest BCUT2D eigenvalue weighted by Crippen LogP contribution is -2.19. The lowest BCUT2D eigenvalue weighted by Gasteiger charge is -2.29. The predicted molar refractivity (Wildman–Crippen MR) is 141 cm³/mol. The van der Waals surface area contributed by atoms with Gasteiger partial charge in [0.1, 0.15) is 23.0 Å². The van der Waals surface area contributed by atoms with Crippen LogP contribution in [0.4, 0.5) is 0 Å². The minimum atomic E-state index is -0.307. The van der Waals surface area contributed by atoms with Gasteiger partial charge < -0.3 is 40.9 Å². The summed E-state index contributed by atoms with van der Waals surface area (Å²) in [5.74, 6) is -1.85. The van der Waals surface area contributed by atoms with Gasteiger partial charge in [-0.1, -0.05) is 12.1 Å². The quantitative estimate of drug-likeness (QED) is 0.141. The van der Waals surface area contributed by atoms with Gasteiger partial charge in [0, 0.05) is 12.1 Å². The number of aromatic hydroxyl groups is 8. The zero-order valence-corrected chi connectivity index (χ0v) is 20.5. The Balaban J connectivity index is 1.76. The fourth-order valence-electron chi connectivity index (χ4n) is 4.96. The van der Waals surface area contributed by atoms with E-state index in [2.05, 4.69) is 0 Å². The van der Waals surface area contributed by atoms with Gasteiger partial charge in [0.05, 0.1) is 0 Å². The van der Waals surface area contributed by atoms with Crippen molar-refractivity contribution in [3.63, 3.8) is 0 Å². The van der Waals surface area contributed by atoms with Crippen LogP contribution in [0.1, 0.15) is 34.6 Å². The number of aryl methyl sites for hydroxylation is 1. The van der Waals surface area contributed by atoms with E-state index in [1.807, 2.05) is 0 Å². The molecule has 4 rings (SSSR count). The van der Waals surface area contributed by atoms with Crippen LogP contribution < -0.4 is 0 Å². The molecule has 0 spiro atoms. The van der Waals surface area contributed by atoms with Crippen molar-refractivity contribution < 1.29 is 40.9 Å². The lowest BCUT2D eigenvalue weighted by atomic mass is 9.75. The van der Waals surface area contributed by atoms with Crippen LogP contribution in [0.15, 0.2) is 72.8 Å². The van der Waals surface area contributed by atoms with Gasteiger partial charge in [-0.15, -0.1) is 0 Å². The molecule has 0 fully saturated rings. The second kappa shape index (κ2) is 11.1. The first-order valence-corrected chi connectivity index (χ1v) is 12.1. The Kier molecular flexibility index (Phi) is 7.71. The molecule has 0 aliphatic rings. The molecule has 0 aromatic heterocycles. The van der Waals surface area contributed by atoms with Crippen LogP contribution in [0.2, 0.25) is 0 Å². The maximum Gasteiger partial charge on any atom is 0.157 e. The molecular weight excluding hydrogens is 488 g/mol. The molecule has 4 aromatic rings. The molecule has 8 nitrogen and oxygen atoms in total. The molecule has 0 saturated heterocycles. The van der Waals surface area contributed by atoms with Gasteiger partial charge in [-0.25, -0.2) is 0 Å². The molecule has 0 heterocycles. The minimum Gasteiger partial charge on any atom is -0.508 e. The van der Waals surface area contributed by atoms with Crippen molar-refractivity contribution in [3.05, 3.63) is 95.1 Å². The molecule has 0 bridgehead atoms. The Bertz CT molecular complexity index is 1390. The van der Waals surface area contributed by atoms with E-state index >= 15 is 0 Å². The number of hydrogen-bond donors (Lipinski definition) is 8. The summed E-state index contributed by atoms with van der Waals surface area (Å²) in [6.45, 7) is 0. The monoisotopic (exact) mass is 518 g/mol. The Hall–Kier alpha value is -4.72. The Morgan fingerprint density at radius 3 is 1.47 bits per heavy atom. The summed E-state index contributed by atoms with van der Waals surface area (Å²) in [7, 11) is 0.